The number of hydrogen-bond donors (Lipinski definition) is 1. The highest BCUT2D eigenvalue weighted by Gasteiger charge is 2.14. The number of aromatic nitrogens is 1. The fraction of sp³-hybridized carbons (Fsp3) is 0.769. The minimum Gasteiger partial charge on any atom is -0.444 e. The topological polar surface area (TPSA) is 38.1 Å². The number of nitrogens with zero attached hydrogens (tertiary/aromatic N) is 1. The molecule has 1 aromatic heterocycles. The average Bonchev–Trinajstić information content (AvgIpc) is 2.64. The Morgan fingerprint density at radius 1 is 1.25 bits per heavy atom. The van der Waals surface area contributed by atoms with Crippen molar-refractivity contribution in [2.75, 3.05) is 6.54 Å². The molecule has 1 aromatic rings. The molecule has 0 saturated carbocycles. The molecule has 3 nitrogen and oxygen atoms in total. The average molecular weight is 224 g/mol. The highest BCUT2D eigenvalue weighted by molar-refractivity contribution is 5.01. The molecule has 3 heteroatoms. The SMILES string of the molecule is CC(C)CNCc1ncc(C(C)C(C)C)o1. The number of oxazole rings is 1. The van der Waals surface area contributed by atoms with Gasteiger partial charge in [-0.25, -0.2) is 4.98 Å². The van der Waals surface area contributed by atoms with Crippen LogP contribution in [0.4, 0.5) is 0 Å². The highest BCUT2D eigenvalue weighted by atomic mass is 16.4. The summed E-state index contributed by atoms with van der Waals surface area (Å²) in [6, 6.07) is 0. The Morgan fingerprint density at radius 3 is 2.50 bits per heavy atom. The summed E-state index contributed by atoms with van der Waals surface area (Å²) in [5.41, 5.74) is 0. The Morgan fingerprint density at radius 2 is 1.94 bits per heavy atom. The first kappa shape index (κ1) is 13.2. The maximum atomic E-state index is 5.71. The molecule has 1 rings (SSSR count). The fourth-order valence-corrected chi connectivity index (χ4v) is 1.41. The van der Waals surface area contributed by atoms with Crippen LogP contribution in [0.5, 0.6) is 0 Å². The molecular formula is C13H24N2O. The zero-order valence-corrected chi connectivity index (χ0v) is 11.1. The summed E-state index contributed by atoms with van der Waals surface area (Å²) in [4.78, 5) is 4.29. The number of nitrogens with one attached hydrogen (secondary N) is 1. The van der Waals surface area contributed by atoms with Crippen molar-refractivity contribution >= 4 is 0 Å². The van der Waals surface area contributed by atoms with Crippen LogP contribution in [0.25, 0.3) is 0 Å². The quantitative estimate of drug-likeness (QED) is 0.806. The summed E-state index contributed by atoms with van der Waals surface area (Å²) in [7, 11) is 0. The van der Waals surface area contributed by atoms with Gasteiger partial charge in [0.2, 0.25) is 5.89 Å². The van der Waals surface area contributed by atoms with Gasteiger partial charge in [-0.2, -0.15) is 0 Å². The number of rotatable bonds is 6. The lowest BCUT2D eigenvalue weighted by atomic mass is 9.96. The van der Waals surface area contributed by atoms with Crippen molar-refractivity contribution in [3.05, 3.63) is 17.8 Å². The van der Waals surface area contributed by atoms with Gasteiger partial charge in [0, 0.05) is 5.92 Å². The molecule has 0 aliphatic heterocycles. The summed E-state index contributed by atoms with van der Waals surface area (Å²) < 4.78 is 5.71. The summed E-state index contributed by atoms with van der Waals surface area (Å²) >= 11 is 0. The first-order chi connectivity index (χ1) is 7.50. The normalized spacial score (nSPS) is 13.7. The zero-order chi connectivity index (χ0) is 12.1. The zero-order valence-electron chi connectivity index (χ0n) is 11.1. The Hall–Kier alpha value is -0.830. The Bertz CT molecular complexity index is 305. The summed E-state index contributed by atoms with van der Waals surface area (Å²) in [6.45, 7) is 12.7. The first-order valence-corrected chi connectivity index (χ1v) is 6.16. The van der Waals surface area contributed by atoms with Gasteiger partial charge in [0.25, 0.3) is 0 Å². The standard InChI is InChI=1S/C13H24N2O/c1-9(2)6-14-8-13-15-7-12(16-13)11(5)10(3)4/h7,9-11,14H,6,8H2,1-5H3. The maximum absolute atomic E-state index is 5.71. The lowest BCUT2D eigenvalue weighted by molar-refractivity contribution is 0.378. The van der Waals surface area contributed by atoms with Crippen LogP contribution in [0.3, 0.4) is 0 Å². The van der Waals surface area contributed by atoms with Crippen LogP contribution in [0.2, 0.25) is 0 Å². The fourth-order valence-electron chi connectivity index (χ4n) is 1.41. The van der Waals surface area contributed by atoms with E-state index in [4.69, 9.17) is 4.42 Å². The van der Waals surface area contributed by atoms with E-state index in [-0.39, 0.29) is 0 Å². The van der Waals surface area contributed by atoms with Crippen LogP contribution in [0, 0.1) is 11.8 Å². The van der Waals surface area contributed by atoms with E-state index in [0.29, 0.717) is 17.8 Å². The van der Waals surface area contributed by atoms with Crippen LogP contribution >= 0.6 is 0 Å². The number of hydrogen-bond acceptors (Lipinski definition) is 3. The molecule has 92 valence electrons. The monoisotopic (exact) mass is 224 g/mol. The molecule has 0 bridgehead atoms. The van der Waals surface area contributed by atoms with E-state index in [0.717, 1.165) is 24.7 Å². The van der Waals surface area contributed by atoms with E-state index in [1.165, 1.54) is 0 Å². The van der Waals surface area contributed by atoms with Crippen LogP contribution in [-0.2, 0) is 6.54 Å². The van der Waals surface area contributed by atoms with Crippen molar-refractivity contribution in [1.82, 2.24) is 10.3 Å². The second-order valence-corrected chi connectivity index (χ2v) is 5.21. The van der Waals surface area contributed by atoms with Gasteiger partial charge in [-0.1, -0.05) is 34.6 Å². The molecule has 1 atom stereocenters. The molecule has 1 N–H and O–H groups in total. The van der Waals surface area contributed by atoms with E-state index in [2.05, 4.69) is 44.9 Å². The Balaban J connectivity index is 2.45. The smallest absolute Gasteiger partial charge is 0.208 e. The third-order valence-electron chi connectivity index (χ3n) is 2.85. The lowest BCUT2D eigenvalue weighted by Gasteiger charge is -2.11. The molecule has 1 heterocycles. The second-order valence-electron chi connectivity index (χ2n) is 5.21. The van der Waals surface area contributed by atoms with E-state index >= 15 is 0 Å². The summed E-state index contributed by atoms with van der Waals surface area (Å²) in [6.07, 6.45) is 1.86. The van der Waals surface area contributed by atoms with Gasteiger partial charge in [-0.3, -0.25) is 0 Å². The van der Waals surface area contributed by atoms with Crippen molar-refractivity contribution in [2.45, 2.75) is 47.1 Å². The largest absolute Gasteiger partial charge is 0.444 e. The third kappa shape index (κ3) is 3.97. The van der Waals surface area contributed by atoms with Crippen molar-refractivity contribution in [3.63, 3.8) is 0 Å². The second kappa shape index (κ2) is 6.04. The molecule has 0 radical (unpaired) electrons. The first-order valence-electron chi connectivity index (χ1n) is 6.16. The van der Waals surface area contributed by atoms with Crippen molar-refractivity contribution in [2.24, 2.45) is 11.8 Å². The minimum atomic E-state index is 0.436. The van der Waals surface area contributed by atoms with Crippen LogP contribution in [0.15, 0.2) is 10.6 Å². The van der Waals surface area contributed by atoms with Gasteiger partial charge in [-0.05, 0) is 18.4 Å². The molecule has 0 spiro atoms. The molecule has 0 aromatic carbocycles. The van der Waals surface area contributed by atoms with E-state index in [9.17, 15) is 0 Å². The summed E-state index contributed by atoms with van der Waals surface area (Å²) in [5, 5.41) is 3.33. The molecule has 0 fully saturated rings. The molecular weight excluding hydrogens is 200 g/mol. The van der Waals surface area contributed by atoms with Crippen LogP contribution in [0.1, 0.15) is 52.2 Å². The Kier molecular flexibility index (Phi) is 5.00. The molecule has 16 heavy (non-hydrogen) atoms. The van der Waals surface area contributed by atoms with Gasteiger partial charge in [-0.15, -0.1) is 0 Å². The summed E-state index contributed by atoms with van der Waals surface area (Å²) in [5.74, 6) is 3.47. The minimum absolute atomic E-state index is 0.436. The highest BCUT2D eigenvalue weighted by Crippen LogP contribution is 2.23. The van der Waals surface area contributed by atoms with Crippen molar-refractivity contribution in [1.29, 1.82) is 0 Å². The van der Waals surface area contributed by atoms with Crippen molar-refractivity contribution < 1.29 is 4.42 Å². The van der Waals surface area contributed by atoms with E-state index < -0.39 is 0 Å². The molecule has 0 amide bonds. The maximum Gasteiger partial charge on any atom is 0.208 e. The Labute approximate surface area is 98.6 Å². The lowest BCUT2D eigenvalue weighted by Crippen LogP contribution is -2.19. The molecule has 0 saturated heterocycles. The van der Waals surface area contributed by atoms with E-state index in [1.807, 2.05) is 6.20 Å². The van der Waals surface area contributed by atoms with Gasteiger partial charge in [0.05, 0.1) is 12.7 Å². The van der Waals surface area contributed by atoms with Gasteiger partial charge in [0.1, 0.15) is 5.76 Å². The van der Waals surface area contributed by atoms with Gasteiger partial charge in [0.15, 0.2) is 0 Å². The molecule has 1 unspecified atom stereocenters. The predicted octanol–water partition coefficient (Wildman–Crippen LogP) is 3.18. The molecule has 0 aliphatic rings. The van der Waals surface area contributed by atoms with Gasteiger partial charge >= 0.3 is 0 Å². The van der Waals surface area contributed by atoms with Gasteiger partial charge < -0.3 is 9.73 Å². The van der Waals surface area contributed by atoms with Crippen molar-refractivity contribution in [3.8, 4) is 0 Å². The van der Waals surface area contributed by atoms with Crippen LogP contribution in [-0.4, -0.2) is 11.5 Å². The third-order valence-corrected chi connectivity index (χ3v) is 2.85. The van der Waals surface area contributed by atoms with E-state index in [1.54, 1.807) is 0 Å². The molecule has 0 aliphatic carbocycles. The predicted molar refractivity (Wildman–Crippen MR) is 66.3 cm³/mol. The van der Waals surface area contributed by atoms with Crippen LogP contribution < -0.4 is 5.32 Å².